The third-order valence-electron chi connectivity index (χ3n) is 7.04. The molecule has 0 saturated carbocycles. The Hall–Kier alpha value is -2.90. The molecule has 1 unspecified atom stereocenters. The van der Waals surface area contributed by atoms with Crippen LogP contribution in [0, 0.1) is 5.92 Å². The van der Waals surface area contributed by atoms with Crippen LogP contribution < -0.4 is 15.8 Å². The SMILES string of the molecule is CC.O.O=C1N(CC2CCNCC2)c2ccccc2C12CCn1c2cc2occc2c1=O. The zero-order valence-corrected chi connectivity index (χ0v) is 18.7. The van der Waals surface area contributed by atoms with Crippen LogP contribution in [0.1, 0.15) is 44.4 Å². The summed E-state index contributed by atoms with van der Waals surface area (Å²) in [5.41, 5.74) is 2.50. The van der Waals surface area contributed by atoms with E-state index < -0.39 is 5.41 Å². The van der Waals surface area contributed by atoms with Crippen LogP contribution in [0.2, 0.25) is 0 Å². The molecule has 7 heteroatoms. The van der Waals surface area contributed by atoms with Gasteiger partial charge in [-0.05, 0) is 56.0 Å². The van der Waals surface area contributed by atoms with Crippen molar-refractivity contribution in [2.24, 2.45) is 5.92 Å². The fourth-order valence-corrected chi connectivity index (χ4v) is 5.57. The molecular weight excluding hydrogens is 406 g/mol. The molecule has 3 N–H and O–H groups in total. The number of hydrogen-bond acceptors (Lipinski definition) is 4. The third kappa shape index (κ3) is 3.03. The van der Waals surface area contributed by atoms with Gasteiger partial charge < -0.3 is 24.7 Å². The molecule has 0 aliphatic carbocycles. The highest BCUT2D eigenvalue weighted by atomic mass is 16.3. The Balaban J connectivity index is 0.000000796. The van der Waals surface area contributed by atoms with E-state index in [2.05, 4.69) is 17.4 Å². The summed E-state index contributed by atoms with van der Waals surface area (Å²) < 4.78 is 7.33. The van der Waals surface area contributed by atoms with E-state index in [0.717, 1.165) is 49.4 Å². The second-order valence-corrected chi connectivity index (χ2v) is 8.47. The van der Waals surface area contributed by atoms with Crippen molar-refractivity contribution in [2.75, 3.05) is 24.5 Å². The molecule has 1 atom stereocenters. The first-order chi connectivity index (χ1) is 15.2. The number of nitrogens with one attached hydrogen (secondary N) is 1. The molecule has 32 heavy (non-hydrogen) atoms. The number of fused-ring (bicyclic) bond motifs is 5. The minimum Gasteiger partial charge on any atom is -0.464 e. The van der Waals surface area contributed by atoms with Gasteiger partial charge in [0.25, 0.3) is 5.56 Å². The van der Waals surface area contributed by atoms with E-state index in [1.54, 1.807) is 16.9 Å². The number of nitrogens with zero attached hydrogens (tertiary/aromatic N) is 2. The topological polar surface area (TPSA) is 99.0 Å². The molecule has 0 radical (unpaired) electrons. The standard InChI is InChI=1S/C23H23N3O3.C2H6.H2O/c27-21-16-7-12-29-19(16)13-20-23(8-11-25(20)21)17-3-1-2-4-18(17)26(22(23)28)14-15-5-9-24-10-6-15;1-2;/h1-4,7,12-13,15,24H,5-6,8-11,14H2;1-2H3;1H2. The predicted molar refractivity (Wildman–Crippen MR) is 125 cm³/mol. The molecule has 170 valence electrons. The number of carbonyl (C=O) groups is 1. The minimum absolute atomic E-state index is 0. The lowest BCUT2D eigenvalue weighted by molar-refractivity contribution is -0.122. The second-order valence-electron chi connectivity index (χ2n) is 8.47. The van der Waals surface area contributed by atoms with E-state index in [4.69, 9.17) is 4.42 Å². The van der Waals surface area contributed by atoms with Crippen LogP contribution in [0.25, 0.3) is 11.0 Å². The summed E-state index contributed by atoms with van der Waals surface area (Å²) in [5, 5.41) is 3.98. The van der Waals surface area contributed by atoms with Crippen LogP contribution in [0.4, 0.5) is 5.69 Å². The first-order valence-corrected chi connectivity index (χ1v) is 11.4. The summed E-state index contributed by atoms with van der Waals surface area (Å²) in [7, 11) is 0. The molecule has 1 amide bonds. The van der Waals surface area contributed by atoms with Crippen molar-refractivity contribution in [2.45, 2.75) is 45.1 Å². The third-order valence-corrected chi connectivity index (χ3v) is 7.04. The Morgan fingerprint density at radius 2 is 1.88 bits per heavy atom. The van der Waals surface area contributed by atoms with Crippen LogP contribution >= 0.6 is 0 Å². The summed E-state index contributed by atoms with van der Waals surface area (Å²) in [6, 6.07) is 11.7. The molecule has 5 heterocycles. The number of para-hydroxylation sites is 1. The Bertz CT molecular complexity index is 1190. The Morgan fingerprint density at radius 1 is 1.12 bits per heavy atom. The fourth-order valence-electron chi connectivity index (χ4n) is 5.57. The lowest BCUT2D eigenvalue weighted by atomic mass is 9.77. The van der Waals surface area contributed by atoms with Gasteiger partial charge in [-0.15, -0.1) is 0 Å². The number of rotatable bonds is 2. The maximum atomic E-state index is 14.0. The maximum absolute atomic E-state index is 14.0. The molecular formula is C25H31N3O4. The van der Waals surface area contributed by atoms with Gasteiger partial charge in [0.05, 0.1) is 11.6 Å². The number of carbonyl (C=O) groups excluding carboxylic acids is 1. The van der Waals surface area contributed by atoms with Gasteiger partial charge in [-0.1, -0.05) is 32.0 Å². The van der Waals surface area contributed by atoms with Gasteiger partial charge in [-0.3, -0.25) is 9.59 Å². The number of aromatic nitrogens is 1. The average Bonchev–Trinajstić information content (AvgIpc) is 3.50. The largest absolute Gasteiger partial charge is 0.464 e. The van der Waals surface area contributed by atoms with Crippen molar-refractivity contribution in [1.82, 2.24) is 9.88 Å². The highest BCUT2D eigenvalue weighted by molar-refractivity contribution is 6.10. The first kappa shape index (κ1) is 22.3. The molecule has 7 nitrogen and oxygen atoms in total. The molecule has 6 rings (SSSR count). The highest BCUT2D eigenvalue weighted by Gasteiger charge is 2.56. The lowest BCUT2D eigenvalue weighted by Gasteiger charge is -2.29. The molecule has 3 aromatic rings. The predicted octanol–water partition coefficient (Wildman–Crippen LogP) is 2.83. The number of amides is 1. The van der Waals surface area contributed by atoms with Crippen molar-refractivity contribution >= 4 is 22.6 Å². The second kappa shape index (κ2) is 8.56. The average molecular weight is 438 g/mol. The van der Waals surface area contributed by atoms with Gasteiger partial charge in [-0.2, -0.15) is 0 Å². The van der Waals surface area contributed by atoms with Gasteiger partial charge in [-0.25, -0.2) is 0 Å². The molecule has 1 spiro atoms. The van der Waals surface area contributed by atoms with E-state index in [1.807, 2.05) is 36.9 Å². The molecule has 3 aliphatic rings. The number of furan rings is 1. The van der Waals surface area contributed by atoms with Crippen LogP contribution in [0.5, 0.6) is 0 Å². The van der Waals surface area contributed by atoms with E-state index in [1.165, 1.54) is 0 Å². The summed E-state index contributed by atoms with van der Waals surface area (Å²) in [6.45, 7) is 7.31. The Kier molecular flexibility index (Phi) is 5.97. The van der Waals surface area contributed by atoms with Crippen LogP contribution in [0.3, 0.4) is 0 Å². The van der Waals surface area contributed by atoms with Crippen molar-refractivity contribution in [1.29, 1.82) is 0 Å². The molecule has 0 bridgehead atoms. The number of anilines is 1. The zero-order valence-electron chi connectivity index (χ0n) is 18.7. The Morgan fingerprint density at radius 3 is 2.66 bits per heavy atom. The fraction of sp³-hybridized carbons (Fsp3) is 0.440. The normalized spacial score (nSPS) is 21.8. The monoisotopic (exact) mass is 437 g/mol. The van der Waals surface area contributed by atoms with Gasteiger partial charge >= 0.3 is 0 Å². The van der Waals surface area contributed by atoms with Gasteiger partial charge in [0, 0.05) is 30.5 Å². The minimum atomic E-state index is -0.788. The van der Waals surface area contributed by atoms with Gasteiger partial charge in [0.2, 0.25) is 5.91 Å². The van der Waals surface area contributed by atoms with Crippen molar-refractivity contribution in [3.8, 4) is 0 Å². The molecule has 3 aliphatic heterocycles. The maximum Gasteiger partial charge on any atom is 0.261 e. The number of piperidine rings is 1. The van der Waals surface area contributed by atoms with Gasteiger partial charge in [0.1, 0.15) is 11.0 Å². The molecule has 1 aromatic carbocycles. The summed E-state index contributed by atoms with van der Waals surface area (Å²) in [6.07, 6.45) is 4.33. The van der Waals surface area contributed by atoms with E-state index in [9.17, 15) is 9.59 Å². The first-order valence-electron chi connectivity index (χ1n) is 11.4. The number of benzene rings is 1. The van der Waals surface area contributed by atoms with E-state index in [0.29, 0.717) is 29.9 Å². The smallest absolute Gasteiger partial charge is 0.261 e. The van der Waals surface area contributed by atoms with Crippen LogP contribution in [-0.2, 0) is 16.8 Å². The molecule has 1 fully saturated rings. The molecule has 1 saturated heterocycles. The Labute approximate surface area is 187 Å². The quantitative estimate of drug-likeness (QED) is 0.666. The lowest BCUT2D eigenvalue weighted by Crippen LogP contribution is -2.43. The number of hydrogen-bond donors (Lipinski definition) is 1. The number of pyridine rings is 1. The van der Waals surface area contributed by atoms with Gasteiger partial charge in [0.15, 0.2) is 0 Å². The van der Waals surface area contributed by atoms with Crippen molar-refractivity contribution in [3.05, 3.63) is 64.3 Å². The summed E-state index contributed by atoms with van der Waals surface area (Å²) in [5.74, 6) is 0.605. The van der Waals surface area contributed by atoms with E-state index >= 15 is 0 Å². The van der Waals surface area contributed by atoms with Crippen LogP contribution in [-0.4, -0.2) is 35.6 Å². The van der Waals surface area contributed by atoms with Crippen LogP contribution in [0.15, 0.2) is 51.9 Å². The molecule has 2 aromatic heterocycles. The summed E-state index contributed by atoms with van der Waals surface area (Å²) >= 11 is 0. The highest BCUT2D eigenvalue weighted by Crippen LogP contribution is 2.51. The van der Waals surface area contributed by atoms with Crippen molar-refractivity contribution < 1.29 is 14.7 Å². The van der Waals surface area contributed by atoms with E-state index in [-0.39, 0.29) is 16.9 Å². The zero-order chi connectivity index (χ0) is 21.6. The summed E-state index contributed by atoms with van der Waals surface area (Å²) in [4.78, 5) is 29.0. The van der Waals surface area contributed by atoms with Crippen molar-refractivity contribution in [3.63, 3.8) is 0 Å².